The molecule has 1 rings (SSSR count). The van der Waals surface area contributed by atoms with Crippen molar-refractivity contribution in [2.45, 2.75) is 41.5 Å². The molecule has 0 aromatic carbocycles. The van der Waals surface area contributed by atoms with E-state index in [0.717, 1.165) is 34.5 Å². The van der Waals surface area contributed by atoms with E-state index >= 15 is 0 Å². The first-order valence-corrected chi connectivity index (χ1v) is 27.1. The SMILES string of the molecule is CCSP1(SCC)=NP(Cl)(Cl)=NP(SCC)(SCC)=NP(SCC)(SCC)=N1. The molecule has 4 nitrogen and oxygen atoms in total. The molecule has 0 saturated carbocycles. The zero-order valence-electron chi connectivity index (χ0n) is 17.0. The fraction of sp³-hybridized carbons (Fsp3) is 1.00. The molecule has 0 aromatic rings. The van der Waals surface area contributed by atoms with Crippen LogP contribution in [0.15, 0.2) is 18.1 Å². The lowest BCUT2D eigenvalue weighted by atomic mass is 11.0. The van der Waals surface area contributed by atoms with Gasteiger partial charge in [0.1, 0.15) is 0 Å². The highest BCUT2D eigenvalue weighted by molar-refractivity contribution is 8.98. The van der Waals surface area contributed by atoms with Crippen LogP contribution in [0, 0.1) is 0 Å². The van der Waals surface area contributed by atoms with Crippen LogP contribution in [0.2, 0.25) is 0 Å². The second kappa shape index (κ2) is 14.1. The molecule has 0 saturated heterocycles. The minimum atomic E-state index is -2.84. The van der Waals surface area contributed by atoms with Crippen molar-refractivity contribution in [1.82, 2.24) is 0 Å². The Kier molecular flexibility index (Phi) is 14.9. The molecule has 16 heteroatoms. The summed E-state index contributed by atoms with van der Waals surface area (Å²) in [5.74, 6) is 2.86. The number of hydrogen-bond donors (Lipinski definition) is 0. The fourth-order valence-electron chi connectivity index (χ4n) is 2.06. The summed E-state index contributed by atoms with van der Waals surface area (Å²) in [7, 11) is 0. The Bertz CT molecular complexity index is 689. The molecule has 1 heterocycles. The van der Waals surface area contributed by atoms with E-state index in [9.17, 15) is 0 Å². The van der Waals surface area contributed by atoms with Gasteiger partial charge < -0.3 is 0 Å². The molecular formula is C12H30Cl2N4P4S6. The molecule has 0 unspecified atom stereocenters. The van der Waals surface area contributed by atoms with Crippen molar-refractivity contribution >= 4 is 114 Å². The first-order chi connectivity index (χ1) is 13.2. The maximum atomic E-state index is 6.83. The van der Waals surface area contributed by atoms with Crippen LogP contribution in [0.25, 0.3) is 0 Å². The lowest BCUT2D eigenvalue weighted by molar-refractivity contribution is 1.53. The Balaban J connectivity index is 4.01. The molecule has 0 fully saturated rings. The topological polar surface area (TPSA) is 49.4 Å². The summed E-state index contributed by atoms with van der Waals surface area (Å²) in [5.41, 5.74) is -6.41. The van der Waals surface area contributed by atoms with Gasteiger partial charge in [-0.3, -0.25) is 0 Å². The summed E-state index contributed by atoms with van der Waals surface area (Å²) in [6.07, 6.45) is 0. The average Bonchev–Trinajstić information content (AvgIpc) is 2.54. The maximum absolute atomic E-state index is 6.83. The highest BCUT2D eigenvalue weighted by Crippen LogP contribution is 2.95. The Labute approximate surface area is 205 Å². The summed E-state index contributed by atoms with van der Waals surface area (Å²) in [6.45, 7) is 13.0. The Hall–Kier alpha value is 3.60. The minimum Gasteiger partial charge on any atom is -0.202 e. The predicted octanol–water partition coefficient (Wildman–Crippen LogP) is 12.8. The van der Waals surface area contributed by atoms with Crippen LogP contribution in [-0.2, 0) is 0 Å². The molecule has 1 aliphatic rings. The van der Waals surface area contributed by atoms with Gasteiger partial charge in [-0.1, -0.05) is 110 Å². The van der Waals surface area contributed by atoms with E-state index in [1.54, 1.807) is 0 Å². The average molecular weight is 618 g/mol. The van der Waals surface area contributed by atoms with Crippen molar-refractivity contribution in [2.24, 2.45) is 18.1 Å². The molecule has 0 amide bonds. The second-order valence-electron chi connectivity index (χ2n) is 4.79. The lowest BCUT2D eigenvalue weighted by Gasteiger charge is -2.31. The van der Waals surface area contributed by atoms with Gasteiger partial charge in [-0.25, -0.2) is 9.03 Å². The van der Waals surface area contributed by atoms with Gasteiger partial charge in [0, 0.05) is 0 Å². The molecule has 0 N–H and O–H groups in total. The summed E-state index contributed by atoms with van der Waals surface area (Å²) >= 11 is 24.7. The third-order valence-corrected chi connectivity index (χ3v) is 40.1. The van der Waals surface area contributed by atoms with E-state index in [1.807, 2.05) is 68.3 Å². The summed E-state index contributed by atoms with van der Waals surface area (Å²) in [4.78, 5) is 0. The summed E-state index contributed by atoms with van der Waals surface area (Å²) in [6, 6.07) is 0. The van der Waals surface area contributed by atoms with Gasteiger partial charge in [0.15, 0.2) is 16.8 Å². The number of nitrogens with zero attached hydrogens (tertiary/aromatic N) is 4. The molecule has 0 bridgehead atoms. The first kappa shape index (κ1) is 29.6. The van der Waals surface area contributed by atoms with Gasteiger partial charge in [0.05, 0.1) is 0 Å². The van der Waals surface area contributed by atoms with Gasteiger partial charge in [0.25, 0.3) is 5.91 Å². The third kappa shape index (κ3) is 9.09. The Morgan fingerprint density at radius 1 is 0.464 bits per heavy atom. The molecule has 28 heavy (non-hydrogen) atoms. The standard InChI is InChI=1S/C12H30Cl2N4P4S6/c1-7-23-20(24-8-2)15-19(13,14)16-21(25-9-3,26-10-4)18-22(17-20,27-11-5)28-12-6/h7-12H2,1-6H3. The molecule has 0 radical (unpaired) electrons. The van der Waals surface area contributed by atoms with Gasteiger partial charge in [-0.2, -0.15) is 9.03 Å². The highest BCUT2D eigenvalue weighted by Gasteiger charge is 2.37. The third-order valence-electron chi connectivity index (χ3n) is 2.68. The van der Waals surface area contributed by atoms with E-state index in [0.29, 0.717) is 0 Å². The molecule has 0 aromatic heterocycles. The van der Waals surface area contributed by atoms with E-state index in [4.69, 9.17) is 40.5 Å². The van der Waals surface area contributed by atoms with Crippen LogP contribution in [0.3, 0.4) is 0 Å². The number of halogens is 2. The summed E-state index contributed by atoms with van der Waals surface area (Å²) in [5, 5.41) is 0. The number of rotatable bonds is 12. The molecule has 168 valence electrons. The van der Waals surface area contributed by atoms with E-state index in [1.165, 1.54) is 0 Å². The maximum Gasteiger partial charge on any atom is 0.256 e. The van der Waals surface area contributed by atoms with Crippen molar-refractivity contribution in [2.75, 3.05) is 34.5 Å². The van der Waals surface area contributed by atoms with E-state index in [-0.39, 0.29) is 0 Å². The van der Waals surface area contributed by atoms with Gasteiger partial charge >= 0.3 is 0 Å². The number of hydrogen-bond acceptors (Lipinski definition) is 10. The van der Waals surface area contributed by atoms with Gasteiger partial charge in [0.2, 0.25) is 0 Å². The normalized spacial score (nSPS) is 22.0. The van der Waals surface area contributed by atoms with Gasteiger partial charge in [-0.15, -0.1) is 0 Å². The van der Waals surface area contributed by atoms with Crippen LogP contribution in [-0.4, -0.2) is 34.5 Å². The van der Waals surface area contributed by atoms with Crippen molar-refractivity contribution in [3.8, 4) is 0 Å². The van der Waals surface area contributed by atoms with E-state index < -0.39 is 22.7 Å². The van der Waals surface area contributed by atoms with Crippen molar-refractivity contribution in [1.29, 1.82) is 0 Å². The van der Waals surface area contributed by atoms with Crippen molar-refractivity contribution in [3.63, 3.8) is 0 Å². The van der Waals surface area contributed by atoms with Gasteiger partial charge in [-0.05, 0) is 57.0 Å². The molecular weight excluding hydrogens is 587 g/mol. The van der Waals surface area contributed by atoms with Crippen LogP contribution >= 0.6 is 114 Å². The molecule has 0 aliphatic carbocycles. The summed E-state index contributed by atoms with van der Waals surface area (Å²) < 4.78 is 21.3. The fourth-order valence-corrected chi connectivity index (χ4v) is 54.3. The van der Waals surface area contributed by atoms with Crippen molar-refractivity contribution < 1.29 is 0 Å². The zero-order valence-corrected chi connectivity index (χ0v) is 27.0. The smallest absolute Gasteiger partial charge is 0.202 e. The van der Waals surface area contributed by atoms with Crippen LogP contribution in [0.1, 0.15) is 41.5 Å². The molecule has 0 atom stereocenters. The van der Waals surface area contributed by atoms with E-state index in [2.05, 4.69) is 41.5 Å². The van der Waals surface area contributed by atoms with Crippen LogP contribution < -0.4 is 0 Å². The molecule has 1 aliphatic heterocycles. The highest BCUT2D eigenvalue weighted by atomic mass is 35.9. The quantitative estimate of drug-likeness (QED) is 0.203. The predicted molar refractivity (Wildman–Crippen MR) is 158 cm³/mol. The monoisotopic (exact) mass is 616 g/mol. The van der Waals surface area contributed by atoms with Crippen molar-refractivity contribution in [3.05, 3.63) is 0 Å². The zero-order chi connectivity index (χ0) is 21.3. The lowest BCUT2D eigenvalue weighted by Crippen LogP contribution is -1.81. The van der Waals surface area contributed by atoms with Crippen LogP contribution in [0.5, 0.6) is 0 Å². The largest absolute Gasteiger partial charge is 0.256 e. The minimum absolute atomic E-state index is 0.933. The Morgan fingerprint density at radius 3 is 1.00 bits per heavy atom. The second-order valence-corrected chi connectivity index (χ2v) is 35.8. The van der Waals surface area contributed by atoms with Crippen LogP contribution in [0.4, 0.5) is 0 Å². The molecule has 0 spiro atoms. The first-order valence-electron chi connectivity index (χ1n) is 9.01. The Morgan fingerprint density at radius 2 is 0.714 bits per heavy atom.